The summed E-state index contributed by atoms with van der Waals surface area (Å²) in [4.78, 5) is 0. The molecule has 0 radical (unpaired) electrons. The minimum Gasteiger partial charge on any atom is -0.316 e. The van der Waals surface area contributed by atoms with Crippen LogP contribution in [0.5, 0.6) is 0 Å². The zero-order valence-electron chi connectivity index (χ0n) is 12.3. The number of pyridine rings is 1. The molecular formula is C15H22N4S. The monoisotopic (exact) mass is 290 g/mol. The van der Waals surface area contributed by atoms with Gasteiger partial charge in [0.2, 0.25) is 0 Å². The molecule has 0 bridgehead atoms. The van der Waals surface area contributed by atoms with Gasteiger partial charge >= 0.3 is 0 Å². The Morgan fingerprint density at radius 2 is 2.20 bits per heavy atom. The summed E-state index contributed by atoms with van der Waals surface area (Å²) >= 11 is 1.86. The molecule has 3 rings (SSSR count). The first-order valence-electron chi connectivity index (χ1n) is 7.23. The van der Waals surface area contributed by atoms with E-state index in [-0.39, 0.29) is 0 Å². The fourth-order valence-corrected chi connectivity index (χ4v) is 4.61. The van der Waals surface area contributed by atoms with Crippen molar-refractivity contribution in [1.82, 2.24) is 19.9 Å². The van der Waals surface area contributed by atoms with Crippen LogP contribution in [0.1, 0.15) is 33.1 Å². The predicted molar refractivity (Wildman–Crippen MR) is 83.1 cm³/mol. The number of nitrogens with zero attached hydrogens (tertiary/aromatic N) is 3. The van der Waals surface area contributed by atoms with E-state index in [0.29, 0.717) is 16.7 Å². The summed E-state index contributed by atoms with van der Waals surface area (Å²) in [5.41, 5.74) is 1.34. The van der Waals surface area contributed by atoms with Crippen LogP contribution in [0.25, 0.3) is 5.65 Å². The Labute approximate surface area is 124 Å². The first kappa shape index (κ1) is 13.9. The van der Waals surface area contributed by atoms with Gasteiger partial charge in [-0.3, -0.25) is 4.40 Å². The largest absolute Gasteiger partial charge is 0.316 e. The van der Waals surface area contributed by atoms with Gasteiger partial charge in [-0.2, -0.15) is 0 Å². The lowest BCUT2D eigenvalue weighted by Crippen LogP contribution is -2.43. The molecule has 1 aliphatic rings. The summed E-state index contributed by atoms with van der Waals surface area (Å²) in [5, 5.41) is 13.6. The average molecular weight is 290 g/mol. The van der Waals surface area contributed by atoms with Gasteiger partial charge in [0, 0.05) is 17.5 Å². The molecule has 1 aliphatic carbocycles. The summed E-state index contributed by atoms with van der Waals surface area (Å²) in [7, 11) is 2.07. The van der Waals surface area contributed by atoms with E-state index in [0.717, 1.165) is 10.8 Å². The highest BCUT2D eigenvalue weighted by molar-refractivity contribution is 7.99. The van der Waals surface area contributed by atoms with Crippen LogP contribution in [-0.2, 0) is 0 Å². The molecule has 1 fully saturated rings. The molecule has 0 spiro atoms. The first-order chi connectivity index (χ1) is 9.59. The molecule has 1 saturated carbocycles. The van der Waals surface area contributed by atoms with Gasteiger partial charge in [0.15, 0.2) is 10.8 Å². The molecule has 0 amide bonds. The molecule has 1 N–H and O–H groups in total. The van der Waals surface area contributed by atoms with Gasteiger partial charge in [-0.15, -0.1) is 10.2 Å². The lowest BCUT2D eigenvalue weighted by atomic mass is 9.75. The molecule has 2 atom stereocenters. The Balaban J connectivity index is 1.84. The highest BCUT2D eigenvalue weighted by Crippen LogP contribution is 2.42. The van der Waals surface area contributed by atoms with Crippen molar-refractivity contribution >= 4 is 17.4 Å². The lowest BCUT2D eigenvalue weighted by molar-refractivity contribution is 0.218. The van der Waals surface area contributed by atoms with Crippen molar-refractivity contribution in [3.8, 4) is 0 Å². The predicted octanol–water partition coefficient (Wildman–Crippen LogP) is 2.99. The van der Waals surface area contributed by atoms with Crippen molar-refractivity contribution < 1.29 is 0 Å². The SMILES string of the molecule is CNC1CCC(C)(C)CC1Sc1nnc2ccccn12. The van der Waals surface area contributed by atoms with Crippen LogP contribution in [0, 0.1) is 5.41 Å². The molecule has 2 unspecified atom stereocenters. The van der Waals surface area contributed by atoms with Crippen molar-refractivity contribution in [2.24, 2.45) is 5.41 Å². The molecule has 5 heteroatoms. The number of nitrogens with one attached hydrogen (secondary N) is 1. The van der Waals surface area contributed by atoms with E-state index in [9.17, 15) is 0 Å². The van der Waals surface area contributed by atoms with E-state index in [2.05, 4.69) is 40.8 Å². The highest BCUT2D eigenvalue weighted by Gasteiger charge is 2.35. The fraction of sp³-hybridized carbons (Fsp3) is 0.600. The molecule has 0 aromatic carbocycles. The van der Waals surface area contributed by atoms with Crippen LogP contribution >= 0.6 is 11.8 Å². The van der Waals surface area contributed by atoms with Crippen LogP contribution in [-0.4, -0.2) is 32.9 Å². The Morgan fingerprint density at radius 3 is 3.00 bits per heavy atom. The van der Waals surface area contributed by atoms with E-state index in [1.165, 1.54) is 19.3 Å². The molecule has 0 saturated heterocycles. The van der Waals surface area contributed by atoms with Crippen LogP contribution in [0.4, 0.5) is 0 Å². The van der Waals surface area contributed by atoms with Crippen LogP contribution < -0.4 is 5.32 Å². The van der Waals surface area contributed by atoms with E-state index in [1.807, 2.05) is 36.2 Å². The third-order valence-electron chi connectivity index (χ3n) is 4.24. The zero-order chi connectivity index (χ0) is 14.2. The summed E-state index contributed by atoms with van der Waals surface area (Å²) in [6, 6.07) is 6.58. The maximum Gasteiger partial charge on any atom is 0.195 e. The Hall–Kier alpha value is -1.07. The van der Waals surface area contributed by atoms with Gasteiger partial charge in [0.1, 0.15) is 0 Å². The molecule has 108 valence electrons. The van der Waals surface area contributed by atoms with E-state index < -0.39 is 0 Å². The lowest BCUT2D eigenvalue weighted by Gasteiger charge is -2.40. The molecule has 2 aromatic rings. The van der Waals surface area contributed by atoms with Crippen LogP contribution in [0.2, 0.25) is 0 Å². The van der Waals surface area contributed by atoms with Gasteiger partial charge in [-0.1, -0.05) is 31.7 Å². The summed E-state index contributed by atoms with van der Waals surface area (Å²) < 4.78 is 2.08. The van der Waals surface area contributed by atoms with Gasteiger partial charge in [-0.25, -0.2) is 0 Å². The molecule has 2 aromatic heterocycles. The van der Waals surface area contributed by atoms with Crippen molar-refractivity contribution in [1.29, 1.82) is 0 Å². The Morgan fingerprint density at radius 1 is 1.35 bits per heavy atom. The molecule has 4 nitrogen and oxygen atoms in total. The van der Waals surface area contributed by atoms with E-state index >= 15 is 0 Å². The minimum absolute atomic E-state index is 0.422. The topological polar surface area (TPSA) is 42.2 Å². The second kappa shape index (κ2) is 5.37. The normalized spacial score (nSPS) is 25.9. The standard InChI is InChI=1S/C15H22N4S/c1-15(2)8-7-11(16-3)12(10-15)20-14-18-17-13-6-4-5-9-19(13)14/h4-6,9,11-12,16H,7-8,10H2,1-3H3. The number of hydrogen-bond acceptors (Lipinski definition) is 4. The molecular weight excluding hydrogens is 268 g/mol. The van der Waals surface area contributed by atoms with Crippen LogP contribution in [0.3, 0.4) is 0 Å². The van der Waals surface area contributed by atoms with Crippen LogP contribution in [0.15, 0.2) is 29.6 Å². The van der Waals surface area contributed by atoms with E-state index in [1.54, 1.807) is 0 Å². The van der Waals surface area contributed by atoms with Gasteiger partial charge in [0.25, 0.3) is 0 Å². The van der Waals surface area contributed by atoms with Crippen molar-refractivity contribution in [2.75, 3.05) is 7.05 Å². The molecule has 2 heterocycles. The minimum atomic E-state index is 0.422. The van der Waals surface area contributed by atoms with E-state index in [4.69, 9.17) is 0 Å². The zero-order valence-corrected chi connectivity index (χ0v) is 13.2. The third-order valence-corrected chi connectivity index (χ3v) is 5.53. The first-order valence-corrected chi connectivity index (χ1v) is 8.11. The Bertz CT molecular complexity index is 592. The van der Waals surface area contributed by atoms with Gasteiger partial charge < -0.3 is 5.32 Å². The second-order valence-electron chi connectivity index (χ2n) is 6.37. The van der Waals surface area contributed by atoms with Gasteiger partial charge in [0.05, 0.1) is 0 Å². The molecule has 0 aliphatic heterocycles. The maximum atomic E-state index is 4.35. The third kappa shape index (κ3) is 2.69. The number of hydrogen-bond donors (Lipinski definition) is 1. The molecule has 20 heavy (non-hydrogen) atoms. The highest BCUT2D eigenvalue weighted by atomic mass is 32.2. The summed E-state index contributed by atoms with van der Waals surface area (Å²) in [6.07, 6.45) is 5.78. The summed E-state index contributed by atoms with van der Waals surface area (Å²) in [5.74, 6) is 0. The van der Waals surface area contributed by atoms with Crippen molar-refractivity contribution in [2.45, 2.75) is 49.6 Å². The number of aromatic nitrogens is 3. The quantitative estimate of drug-likeness (QED) is 0.943. The summed E-state index contributed by atoms with van der Waals surface area (Å²) in [6.45, 7) is 4.74. The van der Waals surface area contributed by atoms with Gasteiger partial charge in [-0.05, 0) is 43.9 Å². The fourth-order valence-electron chi connectivity index (χ4n) is 3.01. The Kier molecular flexibility index (Phi) is 3.73. The number of rotatable bonds is 3. The van der Waals surface area contributed by atoms with Crippen molar-refractivity contribution in [3.05, 3.63) is 24.4 Å². The number of fused-ring (bicyclic) bond motifs is 1. The second-order valence-corrected chi connectivity index (χ2v) is 7.58. The number of thioether (sulfide) groups is 1. The maximum absolute atomic E-state index is 4.35. The average Bonchev–Trinajstić information content (AvgIpc) is 2.82. The smallest absolute Gasteiger partial charge is 0.195 e. The van der Waals surface area contributed by atoms with Crippen molar-refractivity contribution in [3.63, 3.8) is 0 Å².